The molecule has 108 valence electrons. The normalized spacial score (nSPS) is 11.9. The quantitative estimate of drug-likeness (QED) is 0.855. The predicted molar refractivity (Wildman–Crippen MR) is 82.7 cm³/mol. The van der Waals surface area contributed by atoms with E-state index in [1.165, 1.54) is 11.5 Å². The zero-order valence-electron chi connectivity index (χ0n) is 11.8. The number of ether oxygens (including phenoxy) is 2. The second-order valence-corrected chi connectivity index (χ2v) is 5.07. The van der Waals surface area contributed by atoms with Crippen LogP contribution in [0.5, 0.6) is 11.5 Å². The van der Waals surface area contributed by atoms with E-state index >= 15 is 0 Å². The van der Waals surface area contributed by atoms with Crippen molar-refractivity contribution in [2.24, 2.45) is 0 Å². The van der Waals surface area contributed by atoms with Gasteiger partial charge in [-0.2, -0.15) is 4.37 Å². The maximum Gasteiger partial charge on any atom is 0.197 e. The Bertz CT molecular complexity index is 554. The number of hydrogen-bond acceptors (Lipinski definition) is 6. The molecule has 0 radical (unpaired) electrons. The van der Waals surface area contributed by atoms with Crippen LogP contribution < -0.4 is 20.5 Å². The van der Waals surface area contributed by atoms with Gasteiger partial charge in [0.1, 0.15) is 5.75 Å². The van der Waals surface area contributed by atoms with Crippen molar-refractivity contribution in [1.82, 2.24) is 4.37 Å². The molecular weight excluding hydrogens is 274 g/mol. The maximum absolute atomic E-state index is 5.80. The summed E-state index contributed by atoms with van der Waals surface area (Å²) in [4.78, 5) is 0. The molecule has 1 unspecified atom stereocenters. The van der Waals surface area contributed by atoms with Crippen LogP contribution in [0.15, 0.2) is 24.3 Å². The van der Waals surface area contributed by atoms with E-state index in [9.17, 15) is 0 Å². The van der Waals surface area contributed by atoms with Crippen LogP contribution in [0.4, 0.5) is 10.8 Å². The Morgan fingerprint density at radius 2 is 2.05 bits per heavy atom. The van der Waals surface area contributed by atoms with E-state index in [-0.39, 0.29) is 6.04 Å². The van der Waals surface area contributed by atoms with E-state index in [0.717, 1.165) is 16.3 Å². The number of nitrogens with two attached hydrogens (primary N) is 1. The van der Waals surface area contributed by atoms with Crippen LogP contribution in [0, 0.1) is 0 Å². The Morgan fingerprint density at radius 1 is 1.35 bits per heavy atom. The first-order chi connectivity index (χ1) is 9.65. The zero-order chi connectivity index (χ0) is 14.5. The van der Waals surface area contributed by atoms with Crippen LogP contribution >= 0.6 is 11.5 Å². The first kappa shape index (κ1) is 14.5. The molecule has 1 aromatic heterocycles. The van der Waals surface area contributed by atoms with Gasteiger partial charge in [0.25, 0.3) is 0 Å². The molecule has 3 N–H and O–H groups in total. The average Bonchev–Trinajstić information content (AvgIpc) is 2.81. The first-order valence-corrected chi connectivity index (χ1v) is 7.21. The van der Waals surface area contributed by atoms with Gasteiger partial charge < -0.3 is 20.5 Å². The summed E-state index contributed by atoms with van der Waals surface area (Å²) in [6.07, 6.45) is 0. The van der Waals surface area contributed by atoms with E-state index < -0.39 is 0 Å². The minimum Gasteiger partial charge on any atom is -0.497 e. The molecule has 0 saturated carbocycles. The summed E-state index contributed by atoms with van der Waals surface area (Å²) >= 11 is 1.31. The van der Waals surface area contributed by atoms with Crippen molar-refractivity contribution in [3.8, 4) is 11.5 Å². The molecule has 2 aromatic rings. The standard InChI is InChI=1S/C14H19N3O2S/c1-4-19-12-13(15)17-20-14(12)16-9(2)10-5-7-11(18-3)8-6-10/h5-9,16H,4H2,1-3H3,(H2,15,17). The third-order valence-electron chi connectivity index (χ3n) is 2.93. The van der Waals surface area contributed by atoms with Crippen LogP contribution in [0.2, 0.25) is 0 Å². The zero-order valence-corrected chi connectivity index (χ0v) is 12.7. The molecule has 0 aliphatic rings. The number of rotatable bonds is 6. The summed E-state index contributed by atoms with van der Waals surface area (Å²) in [6.45, 7) is 4.56. The minimum atomic E-state index is 0.125. The lowest BCUT2D eigenvalue weighted by Crippen LogP contribution is -2.07. The molecule has 0 saturated heterocycles. The highest BCUT2D eigenvalue weighted by Crippen LogP contribution is 2.37. The third kappa shape index (κ3) is 3.14. The van der Waals surface area contributed by atoms with Crippen LogP contribution in [0.1, 0.15) is 25.5 Å². The van der Waals surface area contributed by atoms with Crippen molar-refractivity contribution in [2.75, 3.05) is 24.8 Å². The van der Waals surface area contributed by atoms with Gasteiger partial charge >= 0.3 is 0 Å². The fraction of sp³-hybridized carbons (Fsp3) is 0.357. The molecule has 0 aliphatic heterocycles. The molecule has 1 aromatic carbocycles. The number of nitrogens with zero attached hydrogens (tertiary/aromatic N) is 1. The molecule has 0 fully saturated rings. The van der Waals surface area contributed by atoms with Gasteiger partial charge in [-0.05, 0) is 43.1 Å². The molecule has 1 heterocycles. The largest absolute Gasteiger partial charge is 0.497 e. The smallest absolute Gasteiger partial charge is 0.197 e. The molecule has 0 bridgehead atoms. The number of nitrogen functional groups attached to an aromatic ring is 1. The molecule has 6 heteroatoms. The monoisotopic (exact) mass is 293 g/mol. The SMILES string of the molecule is CCOc1c(N)nsc1NC(C)c1ccc(OC)cc1. The van der Waals surface area contributed by atoms with Gasteiger partial charge in [0.05, 0.1) is 13.7 Å². The Morgan fingerprint density at radius 3 is 2.65 bits per heavy atom. The maximum atomic E-state index is 5.80. The van der Waals surface area contributed by atoms with Crippen molar-refractivity contribution in [1.29, 1.82) is 0 Å². The second-order valence-electron chi connectivity index (χ2n) is 4.30. The predicted octanol–water partition coefficient (Wildman–Crippen LogP) is 3.31. The fourth-order valence-electron chi connectivity index (χ4n) is 1.84. The second kappa shape index (κ2) is 6.47. The lowest BCUT2D eigenvalue weighted by Gasteiger charge is -2.15. The van der Waals surface area contributed by atoms with E-state index in [4.69, 9.17) is 15.2 Å². The molecule has 0 spiro atoms. The summed E-state index contributed by atoms with van der Waals surface area (Å²) in [5.41, 5.74) is 6.95. The first-order valence-electron chi connectivity index (χ1n) is 6.44. The van der Waals surface area contributed by atoms with E-state index in [0.29, 0.717) is 18.2 Å². The Hall–Kier alpha value is -1.95. The van der Waals surface area contributed by atoms with Gasteiger partial charge in [0.2, 0.25) is 0 Å². The summed E-state index contributed by atoms with van der Waals surface area (Å²) in [5, 5.41) is 4.23. The Kier molecular flexibility index (Phi) is 4.68. The molecule has 20 heavy (non-hydrogen) atoms. The Labute approximate surface area is 122 Å². The topological polar surface area (TPSA) is 69.4 Å². The van der Waals surface area contributed by atoms with Crippen LogP contribution in [-0.2, 0) is 0 Å². The van der Waals surface area contributed by atoms with Crippen molar-refractivity contribution in [2.45, 2.75) is 19.9 Å². The molecule has 1 atom stereocenters. The average molecular weight is 293 g/mol. The van der Waals surface area contributed by atoms with Crippen LogP contribution in [-0.4, -0.2) is 18.1 Å². The van der Waals surface area contributed by atoms with Crippen molar-refractivity contribution in [3.05, 3.63) is 29.8 Å². The summed E-state index contributed by atoms with van der Waals surface area (Å²) in [7, 11) is 1.66. The minimum absolute atomic E-state index is 0.125. The third-order valence-corrected chi connectivity index (χ3v) is 3.70. The number of benzene rings is 1. The molecule has 0 aliphatic carbocycles. The highest BCUT2D eigenvalue weighted by atomic mass is 32.1. The van der Waals surface area contributed by atoms with Crippen molar-refractivity contribution in [3.63, 3.8) is 0 Å². The van der Waals surface area contributed by atoms with E-state index in [1.54, 1.807) is 7.11 Å². The summed E-state index contributed by atoms with van der Waals surface area (Å²) in [5.74, 6) is 1.91. The number of nitrogens with one attached hydrogen (secondary N) is 1. The summed E-state index contributed by atoms with van der Waals surface area (Å²) in [6, 6.07) is 8.07. The van der Waals surface area contributed by atoms with Gasteiger partial charge in [-0.1, -0.05) is 12.1 Å². The lowest BCUT2D eigenvalue weighted by molar-refractivity contribution is 0.344. The van der Waals surface area contributed by atoms with E-state index in [2.05, 4.69) is 16.6 Å². The summed E-state index contributed by atoms with van der Waals surface area (Å²) < 4.78 is 14.8. The number of anilines is 2. The van der Waals surface area contributed by atoms with Crippen LogP contribution in [0.25, 0.3) is 0 Å². The van der Waals surface area contributed by atoms with E-state index in [1.807, 2.05) is 31.2 Å². The number of hydrogen-bond donors (Lipinski definition) is 2. The number of methoxy groups -OCH3 is 1. The van der Waals surface area contributed by atoms with Crippen LogP contribution in [0.3, 0.4) is 0 Å². The van der Waals surface area contributed by atoms with Gasteiger partial charge in [-0.25, -0.2) is 0 Å². The van der Waals surface area contributed by atoms with Gasteiger partial charge in [-0.15, -0.1) is 0 Å². The van der Waals surface area contributed by atoms with Crippen molar-refractivity contribution >= 4 is 22.4 Å². The van der Waals surface area contributed by atoms with Crippen molar-refractivity contribution < 1.29 is 9.47 Å². The lowest BCUT2D eigenvalue weighted by atomic mass is 10.1. The molecule has 0 amide bonds. The fourth-order valence-corrected chi connectivity index (χ4v) is 2.59. The Balaban J connectivity index is 2.12. The highest BCUT2D eigenvalue weighted by molar-refractivity contribution is 7.11. The molecule has 2 rings (SSSR count). The molecule has 5 nitrogen and oxygen atoms in total. The van der Waals surface area contributed by atoms with Gasteiger partial charge in [0, 0.05) is 6.04 Å². The molecular formula is C14H19N3O2S. The van der Waals surface area contributed by atoms with Gasteiger partial charge in [-0.3, -0.25) is 0 Å². The number of aromatic nitrogens is 1. The van der Waals surface area contributed by atoms with Gasteiger partial charge in [0.15, 0.2) is 16.6 Å². The highest BCUT2D eigenvalue weighted by Gasteiger charge is 2.15.